The van der Waals surface area contributed by atoms with Crippen molar-refractivity contribution in [1.29, 1.82) is 0 Å². The van der Waals surface area contributed by atoms with Gasteiger partial charge in [-0.3, -0.25) is 4.79 Å². The van der Waals surface area contributed by atoms with Crippen molar-refractivity contribution in [2.45, 2.75) is 0 Å². The van der Waals surface area contributed by atoms with Crippen LogP contribution in [0.15, 0.2) is 66.7 Å². The van der Waals surface area contributed by atoms with Crippen molar-refractivity contribution in [2.75, 3.05) is 26.9 Å². The molecule has 0 unspecified atom stereocenters. The topological polar surface area (TPSA) is 99.9 Å². The molecule has 31 heavy (non-hydrogen) atoms. The van der Waals surface area contributed by atoms with Gasteiger partial charge in [0, 0.05) is 6.07 Å². The molecule has 4 rings (SSSR count). The first-order chi connectivity index (χ1) is 15.2. The van der Waals surface area contributed by atoms with Gasteiger partial charge in [0.2, 0.25) is 5.88 Å². The largest absolute Gasteiger partial charge is 0.496 e. The highest BCUT2D eigenvalue weighted by Gasteiger charge is 2.14. The summed E-state index contributed by atoms with van der Waals surface area (Å²) in [6.07, 6.45) is 0. The molecular formula is C22H21N5O4. The SMILES string of the molecule is COc1ccccc1-c1nnc2ccc(OCCNC(=O)COc3ccccc3)nn12. The van der Waals surface area contributed by atoms with Gasteiger partial charge >= 0.3 is 0 Å². The molecule has 2 aromatic heterocycles. The Bertz CT molecular complexity index is 1160. The van der Waals surface area contributed by atoms with Crippen molar-refractivity contribution in [3.05, 3.63) is 66.7 Å². The fraction of sp³-hybridized carbons (Fsp3) is 0.182. The lowest BCUT2D eigenvalue weighted by atomic mass is 10.2. The van der Waals surface area contributed by atoms with E-state index < -0.39 is 0 Å². The van der Waals surface area contributed by atoms with E-state index >= 15 is 0 Å². The van der Waals surface area contributed by atoms with E-state index in [0.717, 1.165) is 5.56 Å². The minimum absolute atomic E-state index is 0.0583. The van der Waals surface area contributed by atoms with Crippen LogP contribution in [-0.2, 0) is 4.79 Å². The van der Waals surface area contributed by atoms with Crippen molar-refractivity contribution in [3.8, 4) is 28.8 Å². The maximum Gasteiger partial charge on any atom is 0.258 e. The summed E-state index contributed by atoms with van der Waals surface area (Å²) in [6, 6.07) is 20.1. The Hall–Kier alpha value is -4.14. The summed E-state index contributed by atoms with van der Waals surface area (Å²) in [6.45, 7) is 0.511. The standard InChI is InChI=1S/C22H21N5O4/c1-29-18-10-6-5-9-17(18)22-25-24-19-11-12-21(26-27(19)22)30-14-13-23-20(28)15-31-16-7-3-2-4-8-16/h2-12H,13-15H2,1H3,(H,23,28). The van der Waals surface area contributed by atoms with Crippen LogP contribution in [0.5, 0.6) is 17.4 Å². The number of benzene rings is 2. The van der Waals surface area contributed by atoms with E-state index in [-0.39, 0.29) is 19.1 Å². The van der Waals surface area contributed by atoms with Crippen molar-refractivity contribution in [3.63, 3.8) is 0 Å². The van der Waals surface area contributed by atoms with Gasteiger partial charge in [-0.1, -0.05) is 30.3 Å². The molecule has 0 aliphatic rings. The summed E-state index contributed by atoms with van der Waals surface area (Å²) >= 11 is 0. The van der Waals surface area contributed by atoms with Crippen LogP contribution in [0.4, 0.5) is 0 Å². The molecule has 0 bridgehead atoms. The summed E-state index contributed by atoms with van der Waals surface area (Å²) in [5.74, 6) is 2.02. The lowest BCUT2D eigenvalue weighted by Crippen LogP contribution is -2.32. The molecule has 0 fully saturated rings. The third kappa shape index (κ3) is 4.89. The second-order valence-electron chi connectivity index (χ2n) is 6.47. The molecule has 0 radical (unpaired) electrons. The first kappa shape index (κ1) is 20.1. The highest BCUT2D eigenvalue weighted by molar-refractivity contribution is 5.77. The Morgan fingerprint density at radius 1 is 0.968 bits per heavy atom. The fourth-order valence-electron chi connectivity index (χ4n) is 2.91. The van der Waals surface area contributed by atoms with Gasteiger partial charge in [-0.2, -0.15) is 4.52 Å². The van der Waals surface area contributed by atoms with Gasteiger partial charge < -0.3 is 19.5 Å². The molecule has 1 amide bonds. The molecular weight excluding hydrogens is 398 g/mol. The number of nitrogens with one attached hydrogen (secondary N) is 1. The summed E-state index contributed by atoms with van der Waals surface area (Å²) < 4.78 is 18.1. The maximum absolute atomic E-state index is 11.9. The van der Waals surface area contributed by atoms with Crippen LogP contribution in [0.2, 0.25) is 0 Å². The summed E-state index contributed by atoms with van der Waals surface area (Å²) in [5, 5.41) is 15.6. The Kier molecular flexibility index (Phi) is 6.22. The van der Waals surface area contributed by atoms with E-state index in [0.29, 0.717) is 35.4 Å². The highest BCUT2D eigenvalue weighted by Crippen LogP contribution is 2.28. The minimum Gasteiger partial charge on any atom is -0.496 e. The van der Waals surface area contributed by atoms with Crippen LogP contribution in [-0.4, -0.2) is 52.6 Å². The third-order valence-corrected chi connectivity index (χ3v) is 4.37. The Labute approximate surface area is 178 Å². The van der Waals surface area contributed by atoms with E-state index in [1.165, 1.54) is 0 Å². The maximum atomic E-state index is 11.9. The fourth-order valence-corrected chi connectivity index (χ4v) is 2.91. The Morgan fingerprint density at radius 3 is 2.61 bits per heavy atom. The second kappa shape index (κ2) is 9.57. The summed E-state index contributed by atoms with van der Waals surface area (Å²) in [7, 11) is 1.60. The summed E-state index contributed by atoms with van der Waals surface area (Å²) in [4.78, 5) is 11.9. The van der Waals surface area contributed by atoms with E-state index in [4.69, 9.17) is 14.2 Å². The van der Waals surface area contributed by atoms with E-state index in [1.807, 2.05) is 42.5 Å². The average molecular weight is 419 g/mol. The van der Waals surface area contributed by atoms with Gasteiger partial charge in [-0.25, -0.2) is 0 Å². The summed E-state index contributed by atoms with van der Waals surface area (Å²) in [5.41, 5.74) is 1.35. The van der Waals surface area contributed by atoms with Crippen LogP contribution in [0.1, 0.15) is 0 Å². The molecule has 2 aromatic carbocycles. The number of para-hydroxylation sites is 2. The van der Waals surface area contributed by atoms with Crippen LogP contribution < -0.4 is 19.5 Å². The first-order valence-electron chi connectivity index (χ1n) is 9.68. The molecule has 4 aromatic rings. The van der Waals surface area contributed by atoms with Gasteiger partial charge in [-0.15, -0.1) is 15.3 Å². The lowest BCUT2D eigenvalue weighted by Gasteiger charge is -2.09. The van der Waals surface area contributed by atoms with Gasteiger partial charge in [0.25, 0.3) is 5.91 Å². The average Bonchev–Trinajstić information content (AvgIpc) is 3.24. The zero-order valence-electron chi connectivity index (χ0n) is 16.9. The number of aromatic nitrogens is 4. The highest BCUT2D eigenvalue weighted by atomic mass is 16.5. The van der Waals surface area contributed by atoms with Gasteiger partial charge in [0.05, 0.1) is 19.2 Å². The Morgan fingerprint density at radius 2 is 1.77 bits per heavy atom. The molecule has 0 saturated carbocycles. The molecule has 0 aliphatic carbocycles. The monoisotopic (exact) mass is 419 g/mol. The second-order valence-corrected chi connectivity index (χ2v) is 6.47. The number of amides is 1. The number of carbonyl (C=O) groups is 1. The van der Waals surface area contributed by atoms with Gasteiger partial charge in [0.15, 0.2) is 18.1 Å². The molecule has 0 saturated heterocycles. The van der Waals surface area contributed by atoms with E-state index in [1.54, 1.807) is 35.9 Å². The Balaban J connectivity index is 1.33. The molecule has 0 aliphatic heterocycles. The lowest BCUT2D eigenvalue weighted by molar-refractivity contribution is -0.123. The molecule has 0 atom stereocenters. The van der Waals surface area contributed by atoms with Crippen LogP contribution in [0.3, 0.4) is 0 Å². The van der Waals surface area contributed by atoms with Crippen molar-refractivity contribution >= 4 is 11.6 Å². The predicted molar refractivity (Wildman–Crippen MR) is 113 cm³/mol. The zero-order chi connectivity index (χ0) is 21.5. The number of nitrogens with zero attached hydrogens (tertiary/aromatic N) is 4. The molecule has 1 N–H and O–H groups in total. The molecule has 9 heteroatoms. The van der Waals surface area contributed by atoms with Crippen molar-refractivity contribution in [1.82, 2.24) is 25.1 Å². The van der Waals surface area contributed by atoms with Crippen LogP contribution in [0, 0.1) is 0 Å². The van der Waals surface area contributed by atoms with E-state index in [2.05, 4.69) is 20.6 Å². The number of methoxy groups -OCH3 is 1. The molecule has 158 valence electrons. The zero-order valence-corrected chi connectivity index (χ0v) is 16.9. The van der Waals surface area contributed by atoms with Gasteiger partial charge in [0.1, 0.15) is 18.1 Å². The number of hydrogen-bond acceptors (Lipinski definition) is 7. The molecule has 9 nitrogen and oxygen atoms in total. The molecule has 0 spiro atoms. The third-order valence-electron chi connectivity index (χ3n) is 4.37. The molecule has 2 heterocycles. The number of hydrogen-bond donors (Lipinski definition) is 1. The minimum atomic E-state index is -0.229. The van der Waals surface area contributed by atoms with Crippen LogP contribution >= 0.6 is 0 Å². The quantitative estimate of drug-likeness (QED) is 0.416. The normalized spacial score (nSPS) is 10.6. The smallest absolute Gasteiger partial charge is 0.258 e. The number of carbonyl (C=O) groups excluding carboxylic acids is 1. The number of rotatable bonds is 9. The number of ether oxygens (including phenoxy) is 3. The first-order valence-corrected chi connectivity index (χ1v) is 9.68. The van der Waals surface area contributed by atoms with Crippen molar-refractivity contribution in [2.24, 2.45) is 0 Å². The van der Waals surface area contributed by atoms with Crippen molar-refractivity contribution < 1.29 is 19.0 Å². The van der Waals surface area contributed by atoms with Gasteiger partial charge in [-0.05, 0) is 30.3 Å². The van der Waals surface area contributed by atoms with E-state index in [9.17, 15) is 4.79 Å². The number of fused-ring (bicyclic) bond motifs is 1. The van der Waals surface area contributed by atoms with Crippen LogP contribution in [0.25, 0.3) is 17.0 Å². The predicted octanol–water partition coefficient (Wildman–Crippen LogP) is 2.37.